The van der Waals surface area contributed by atoms with E-state index in [1.807, 2.05) is 17.8 Å². The third kappa shape index (κ3) is 4.13. The van der Waals surface area contributed by atoms with Gasteiger partial charge in [-0.25, -0.2) is 13.2 Å². The van der Waals surface area contributed by atoms with Crippen molar-refractivity contribution in [1.29, 1.82) is 0 Å². The molecule has 0 saturated carbocycles. The molecular formula is C22H27N7O3S. The van der Waals surface area contributed by atoms with Crippen LogP contribution in [0.4, 0.5) is 10.5 Å². The van der Waals surface area contributed by atoms with Crippen LogP contribution in [0.15, 0.2) is 47.9 Å². The van der Waals surface area contributed by atoms with Crippen LogP contribution in [0.25, 0.3) is 10.8 Å². The number of rotatable bonds is 7. The molecule has 2 aliphatic heterocycles. The SMILES string of the molecule is Cc1cnn(C2CCN(S(=O)(=O)c3ccc(NCCN4CCNC4=O)c4cnccc34)C2)c1. The molecule has 1 atom stereocenters. The molecule has 2 aliphatic rings. The number of pyridine rings is 1. The second-order valence-corrected chi connectivity index (χ2v) is 10.4. The minimum absolute atomic E-state index is 0.0325. The van der Waals surface area contributed by atoms with Gasteiger partial charge >= 0.3 is 6.03 Å². The Hall–Kier alpha value is -3.18. The Morgan fingerprint density at radius 1 is 1.18 bits per heavy atom. The summed E-state index contributed by atoms with van der Waals surface area (Å²) in [7, 11) is -3.68. The number of urea groups is 1. The van der Waals surface area contributed by atoms with Gasteiger partial charge in [0, 0.05) is 74.3 Å². The third-order valence-corrected chi connectivity index (χ3v) is 8.19. The van der Waals surface area contributed by atoms with Crippen molar-refractivity contribution in [3.8, 4) is 0 Å². The first-order chi connectivity index (χ1) is 15.9. The van der Waals surface area contributed by atoms with Gasteiger partial charge < -0.3 is 15.5 Å². The van der Waals surface area contributed by atoms with Crippen LogP contribution < -0.4 is 10.6 Å². The van der Waals surface area contributed by atoms with Crippen molar-refractivity contribution in [3.63, 3.8) is 0 Å². The van der Waals surface area contributed by atoms with Crippen LogP contribution in [0.3, 0.4) is 0 Å². The van der Waals surface area contributed by atoms with Gasteiger partial charge in [0.05, 0.1) is 17.1 Å². The number of aromatic nitrogens is 3. The van der Waals surface area contributed by atoms with Crippen LogP contribution >= 0.6 is 0 Å². The first-order valence-electron chi connectivity index (χ1n) is 11.1. The highest BCUT2D eigenvalue weighted by molar-refractivity contribution is 7.89. The van der Waals surface area contributed by atoms with Crippen molar-refractivity contribution in [2.75, 3.05) is 44.6 Å². The number of hydrogen-bond donors (Lipinski definition) is 2. The molecule has 2 fully saturated rings. The molecule has 4 heterocycles. The van der Waals surface area contributed by atoms with Gasteiger partial charge in [-0.05, 0) is 37.1 Å². The van der Waals surface area contributed by atoms with E-state index in [4.69, 9.17) is 0 Å². The summed E-state index contributed by atoms with van der Waals surface area (Å²) >= 11 is 0. The number of carbonyl (C=O) groups is 1. The average Bonchev–Trinajstić information content (AvgIpc) is 3.55. The van der Waals surface area contributed by atoms with Gasteiger partial charge in [0.2, 0.25) is 10.0 Å². The van der Waals surface area contributed by atoms with Crippen molar-refractivity contribution in [1.82, 2.24) is 29.3 Å². The van der Waals surface area contributed by atoms with Crippen LogP contribution in [-0.2, 0) is 10.0 Å². The molecule has 10 nitrogen and oxygen atoms in total. The highest BCUT2D eigenvalue weighted by Gasteiger charge is 2.34. The predicted octanol–water partition coefficient (Wildman–Crippen LogP) is 1.81. The van der Waals surface area contributed by atoms with E-state index in [0.29, 0.717) is 44.7 Å². The normalized spacial score (nSPS) is 19.4. The summed E-state index contributed by atoms with van der Waals surface area (Å²) in [5.74, 6) is 0. The molecule has 33 heavy (non-hydrogen) atoms. The summed E-state index contributed by atoms with van der Waals surface area (Å²) in [6.45, 7) is 5.30. The predicted molar refractivity (Wildman–Crippen MR) is 125 cm³/mol. The van der Waals surface area contributed by atoms with E-state index in [1.165, 1.54) is 0 Å². The highest BCUT2D eigenvalue weighted by Crippen LogP contribution is 2.33. The Labute approximate surface area is 192 Å². The average molecular weight is 470 g/mol. The lowest BCUT2D eigenvalue weighted by Gasteiger charge is -2.20. The molecule has 0 spiro atoms. The lowest BCUT2D eigenvalue weighted by molar-refractivity contribution is 0.219. The van der Waals surface area contributed by atoms with Gasteiger partial charge in [0.1, 0.15) is 0 Å². The van der Waals surface area contributed by atoms with Crippen molar-refractivity contribution >= 4 is 32.5 Å². The van der Waals surface area contributed by atoms with Gasteiger partial charge in [-0.2, -0.15) is 9.40 Å². The van der Waals surface area contributed by atoms with Crippen LogP contribution in [0.1, 0.15) is 18.0 Å². The molecule has 1 aromatic carbocycles. The number of hydrogen-bond acceptors (Lipinski definition) is 6. The van der Waals surface area contributed by atoms with E-state index < -0.39 is 10.0 Å². The molecule has 11 heteroatoms. The number of anilines is 1. The molecule has 2 N–H and O–H groups in total. The van der Waals surface area contributed by atoms with Gasteiger partial charge in [-0.1, -0.05) is 0 Å². The Morgan fingerprint density at radius 2 is 2.06 bits per heavy atom. The molecule has 5 rings (SSSR count). The number of nitrogens with zero attached hydrogens (tertiary/aromatic N) is 5. The molecular weight excluding hydrogens is 442 g/mol. The fraction of sp³-hybridized carbons (Fsp3) is 0.409. The molecule has 3 aromatic rings. The van der Waals surface area contributed by atoms with E-state index >= 15 is 0 Å². The molecule has 174 valence electrons. The van der Waals surface area contributed by atoms with E-state index in [0.717, 1.165) is 23.1 Å². The minimum Gasteiger partial charge on any atom is -0.383 e. The van der Waals surface area contributed by atoms with Gasteiger partial charge in [0.15, 0.2) is 0 Å². The lowest BCUT2D eigenvalue weighted by Crippen LogP contribution is -2.32. The molecule has 0 radical (unpaired) electrons. The largest absolute Gasteiger partial charge is 0.383 e. The number of aryl methyl sites for hydroxylation is 1. The second-order valence-electron chi connectivity index (χ2n) is 8.48. The smallest absolute Gasteiger partial charge is 0.317 e. The zero-order chi connectivity index (χ0) is 23.0. The first kappa shape index (κ1) is 21.7. The number of carbonyl (C=O) groups excluding carboxylic acids is 1. The topological polar surface area (TPSA) is 112 Å². The minimum atomic E-state index is -3.68. The quantitative estimate of drug-likeness (QED) is 0.546. The van der Waals surface area contributed by atoms with Gasteiger partial charge in [-0.15, -0.1) is 0 Å². The Bertz CT molecular complexity index is 1290. The van der Waals surface area contributed by atoms with Gasteiger partial charge in [-0.3, -0.25) is 9.67 Å². The molecule has 2 saturated heterocycles. The maximum Gasteiger partial charge on any atom is 0.317 e. The van der Waals surface area contributed by atoms with E-state index in [-0.39, 0.29) is 17.0 Å². The van der Waals surface area contributed by atoms with Crippen LogP contribution in [-0.4, -0.2) is 77.7 Å². The monoisotopic (exact) mass is 469 g/mol. The number of sulfonamides is 1. The first-order valence-corrected chi connectivity index (χ1v) is 12.5. The van der Waals surface area contributed by atoms with Crippen molar-refractivity contribution in [2.24, 2.45) is 0 Å². The molecule has 1 unspecified atom stereocenters. The van der Waals surface area contributed by atoms with Crippen LogP contribution in [0.2, 0.25) is 0 Å². The summed E-state index contributed by atoms with van der Waals surface area (Å²) in [5, 5.41) is 11.8. The van der Waals surface area contributed by atoms with Crippen molar-refractivity contribution in [3.05, 3.63) is 48.5 Å². The van der Waals surface area contributed by atoms with Crippen molar-refractivity contribution < 1.29 is 13.2 Å². The number of nitrogens with one attached hydrogen (secondary N) is 2. The fourth-order valence-corrected chi connectivity index (χ4v) is 6.20. The maximum atomic E-state index is 13.6. The Kier molecular flexibility index (Phi) is 5.67. The summed E-state index contributed by atoms with van der Waals surface area (Å²) in [5.41, 5.74) is 1.85. The summed E-state index contributed by atoms with van der Waals surface area (Å²) in [6, 6.07) is 5.16. The molecule has 2 aromatic heterocycles. The maximum absolute atomic E-state index is 13.6. The summed E-state index contributed by atoms with van der Waals surface area (Å²) in [6.07, 6.45) is 7.76. The summed E-state index contributed by atoms with van der Waals surface area (Å²) < 4.78 is 30.5. The molecule has 0 bridgehead atoms. The van der Waals surface area contributed by atoms with E-state index in [1.54, 1.807) is 46.0 Å². The number of benzene rings is 1. The van der Waals surface area contributed by atoms with E-state index in [2.05, 4.69) is 20.7 Å². The highest BCUT2D eigenvalue weighted by atomic mass is 32.2. The fourth-order valence-electron chi connectivity index (χ4n) is 4.51. The van der Waals surface area contributed by atoms with Crippen molar-refractivity contribution in [2.45, 2.75) is 24.3 Å². The zero-order valence-electron chi connectivity index (χ0n) is 18.4. The van der Waals surface area contributed by atoms with Crippen LogP contribution in [0.5, 0.6) is 0 Å². The lowest BCUT2D eigenvalue weighted by atomic mass is 10.1. The third-order valence-electron chi connectivity index (χ3n) is 6.27. The van der Waals surface area contributed by atoms with Crippen LogP contribution in [0, 0.1) is 6.92 Å². The van der Waals surface area contributed by atoms with E-state index in [9.17, 15) is 13.2 Å². The second kappa shape index (κ2) is 8.64. The van der Waals surface area contributed by atoms with Gasteiger partial charge in [0.25, 0.3) is 0 Å². The molecule has 0 aliphatic carbocycles. The Morgan fingerprint density at radius 3 is 2.82 bits per heavy atom. The standard InChI is InChI=1S/C22H27N7O3S/c1-16-12-26-29(14-16)17-5-9-28(15-17)33(31,32)21-3-2-20(19-13-23-6-4-18(19)21)24-7-10-27-11-8-25-22(27)30/h2-4,6,12-14,17,24H,5,7-11,15H2,1H3,(H,25,30). The number of amides is 2. The Balaban J connectivity index is 1.37. The summed E-state index contributed by atoms with van der Waals surface area (Å²) in [4.78, 5) is 18.0. The zero-order valence-corrected chi connectivity index (χ0v) is 19.3. The molecule has 2 amide bonds. The number of fused-ring (bicyclic) bond motifs is 1.